The van der Waals surface area contributed by atoms with Crippen LogP contribution in [-0.2, 0) is 0 Å². The molecule has 186 valence electrons. The van der Waals surface area contributed by atoms with Crippen molar-refractivity contribution >= 4 is 39.0 Å². The smallest absolute Gasteiger partial charge is 0.264 e. The van der Waals surface area contributed by atoms with E-state index >= 15 is 0 Å². The van der Waals surface area contributed by atoms with Gasteiger partial charge in [0, 0.05) is 38.8 Å². The maximum atomic E-state index is 14.3. The third-order valence-electron chi connectivity index (χ3n) is 6.82. The second kappa shape index (κ2) is 9.87. The van der Waals surface area contributed by atoms with Gasteiger partial charge in [0.2, 0.25) is 5.95 Å². The van der Waals surface area contributed by atoms with Gasteiger partial charge in [0.25, 0.3) is 5.56 Å². The van der Waals surface area contributed by atoms with Gasteiger partial charge in [-0.1, -0.05) is 24.3 Å². The molecule has 1 atom stereocenters. The first-order valence-electron chi connectivity index (χ1n) is 12.4. The lowest BCUT2D eigenvalue weighted by Gasteiger charge is -2.36. The largest absolute Gasteiger partial charge is 0.366 e. The average Bonchev–Trinajstić information content (AvgIpc) is 3.33. The zero-order valence-electron chi connectivity index (χ0n) is 19.8. The molecule has 2 aromatic carbocycles. The summed E-state index contributed by atoms with van der Waals surface area (Å²) < 4.78 is 15.3. The van der Waals surface area contributed by atoms with E-state index in [2.05, 4.69) is 20.5 Å². The summed E-state index contributed by atoms with van der Waals surface area (Å²) in [6.07, 6.45) is 2.08. The Bertz CT molecular complexity index is 1390. The SMILES string of the molecule is O=c1[nH]c(N2CCN(c3ccccc3F)CC2)nc(N[C@@H]2CCCNC2)c1-c1nc2ccccc2s1. The number of thiazole rings is 1. The molecule has 2 aliphatic heterocycles. The Morgan fingerprint density at radius 3 is 2.56 bits per heavy atom. The molecular weight excluding hydrogens is 477 g/mol. The molecule has 2 aliphatic rings. The first-order chi connectivity index (χ1) is 17.7. The van der Waals surface area contributed by atoms with Crippen molar-refractivity contribution < 1.29 is 4.39 Å². The van der Waals surface area contributed by atoms with Crippen LogP contribution in [0, 0.1) is 5.82 Å². The number of rotatable bonds is 5. The lowest BCUT2D eigenvalue weighted by molar-refractivity contribution is 0.479. The predicted molar refractivity (Wildman–Crippen MR) is 144 cm³/mol. The third kappa shape index (κ3) is 4.54. The van der Waals surface area contributed by atoms with Crippen molar-refractivity contribution in [1.29, 1.82) is 0 Å². The van der Waals surface area contributed by atoms with E-state index in [0.29, 0.717) is 54.2 Å². The van der Waals surface area contributed by atoms with Gasteiger partial charge in [-0.25, -0.2) is 9.37 Å². The van der Waals surface area contributed by atoms with Gasteiger partial charge in [-0.3, -0.25) is 9.78 Å². The van der Waals surface area contributed by atoms with E-state index in [0.717, 1.165) is 36.1 Å². The number of piperidine rings is 1. The highest BCUT2D eigenvalue weighted by molar-refractivity contribution is 7.21. The van der Waals surface area contributed by atoms with E-state index < -0.39 is 0 Å². The van der Waals surface area contributed by atoms with Crippen LogP contribution in [0.2, 0.25) is 0 Å². The minimum Gasteiger partial charge on any atom is -0.366 e. The number of para-hydroxylation sites is 2. The molecule has 8 nitrogen and oxygen atoms in total. The lowest BCUT2D eigenvalue weighted by atomic mass is 10.1. The fraction of sp³-hybridized carbons (Fsp3) is 0.346. The highest BCUT2D eigenvalue weighted by Gasteiger charge is 2.25. The van der Waals surface area contributed by atoms with Crippen LogP contribution in [0.3, 0.4) is 0 Å². The number of piperazine rings is 1. The quantitative estimate of drug-likeness (QED) is 0.381. The highest BCUT2D eigenvalue weighted by atomic mass is 32.1. The van der Waals surface area contributed by atoms with Crippen molar-refractivity contribution in [1.82, 2.24) is 20.3 Å². The Balaban J connectivity index is 1.31. The minimum absolute atomic E-state index is 0.187. The van der Waals surface area contributed by atoms with Crippen LogP contribution in [0.5, 0.6) is 0 Å². The van der Waals surface area contributed by atoms with Crippen molar-refractivity contribution in [3.63, 3.8) is 0 Å². The molecule has 2 aromatic heterocycles. The standard InChI is InChI=1S/C26H28FN7OS/c27-18-7-1-3-9-20(18)33-12-14-34(15-13-33)26-31-23(29-17-6-5-11-28-16-17)22(24(35)32-26)25-30-19-8-2-4-10-21(19)36-25/h1-4,7-10,17,28H,5-6,11-16H2,(H2,29,31,32,35)/t17-/m1/s1. The van der Waals surface area contributed by atoms with Crippen LogP contribution >= 0.6 is 11.3 Å². The molecule has 0 radical (unpaired) electrons. The lowest BCUT2D eigenvalue weighted by Crippen LogP contribution is -2.48. The van der Waals surface area contributed by atoms with E-state index in [4.69, 9.17) is 9.97 Å². The number of benzene rings is 2. The normalized spacial score (nSPS) is 18.5. The molecule has 0 unspecified atom stereocenters. The summed E-state index contributed by atoms with van der Waals surface area (Å²) in [5.74, 6) is 0.882. The van der Waals surface area contributed by atoms with E-state index in [-0.39, 0.29) is 17.4 Å². The molecule has 6 rings (SSSR count). The summed E-state index contributed by atoms with van der Waals surface area (Å²) >= 11 is 1.50. The molecule has 36 heavy (non-hydrogen) atoms. The maximum Gasteiger partial charge on any atom is 0.264 e. The predicted octanol–water partition coefficient (Wildman–Crippen LogP) is 3.68. The van der Waals surface area contributed by atoms with Crippen LogP contribution in [0.15, 0.2) is 53.3 Å². The number of halogens is 1. The summed E-state index contributed by atoms with van der Waals surface area (Å²) in [7, 11) is 0. The Kier molecular flexibility index (Phi) is 6.28. The molecule has 4 heterocycles. The number of H-pyrrole nitrogens is 1. The fourth-order valence-electron chi connectivity index (χ4n) is 4.93. The number of aromatic nitrogens is 3. The minimum atomic E-state index is -0.217. The Hall–Kier alpha value is -3.50. The third-order valence-corrected chi connectivity index (χ3v) is 7.88. The summed E-state index contributed by atoms with van der Waals surface area (Å²) in [4.78, 5) is 30.2. The van der Waals surface area contributed by atoms with Crippen molar-refractivity contribution in [2.45, 2.75) is 18.9 Å². The molecule has 2 saturated heterocycles. The Morgan fingerprint density at radius 2 is 1.78 bits per heavy atom. The van der Waals surface area contributed by atoms with Crippen molar-refractivity contribution in [2.24, 2.45) is 0 Å². The summed E-state index contributed by atoms with van der Waals surface area (Å²) in [5.41, 5.74) is 1.75. The summed E-state index contributed by atoms with van der Waals surface area (Å²) in [5, 5.41) is 7.62. The molecule has 2 fully saturated rings. The van der Waals surface area contributed by atoms with Gasteiger partial charge in [-0.2, -0.15) is 4.98 Å². The number of aromatic amines is 1. The number of hydrogen-bond acceptors (Lipinski definition) is 8. The number of nitrogens with zero attached hydrogens (tertiary/aromatic N) is 4. The number of nitrogens with one attached hydrogen (secondary N) is 3. The molecule has 0 aliphatic carbocycles. The van der Waals surface area contributed by atoms with E-state index in [9.17, 15) is 9.18 Å². The topological polar surface area (TPSA) is 89.2 Å². The van der Waals surface area contributed by atoms with Gasteiger partial charge in [-0.05, 0) is 43.7 Å². The second-order valence-electron chi connectivity index (χ2n) is 9.21. The molecule has 3 N–H and O–H groups in total. The van der Waals surface area contributed by atoms with Crippen molar-refractivity contribution in [3.8, 4) is 10.6 Å². The molecule has 10 heteroatoms. The summed E-state index contributed by atoms with van der Waals surface area (Å²) in [6.45, 7) is 4.36. The van der Waals surface area contributed by atoms with Crippen molar-refractivity contribution in [2.75, 3.05) is 54.4 Å². The van der Waals surface area contributed by atoms with Crippen LogP contribution in [0.25, 0.3) is 20.8 Å². The fourth-order valence-corrected chi connectivity index (χ4v) is 5.94. The van der Waals surface area contributed by atoms with E-state index in [1.165, 1.54) is 17.4 Å². The van der Waals surface area contributed by atoms with Gasteiger partial charge in [0.1, 0.15) is 22.2 Å². The molecule has 0 bridgehead atoms. The van der Waals surface area contributed by atoms with Gasteiger partial charge in [0.05, 0.1) is 15.9 Å². The molecule has 0 amide bonds. The van der Waals surface area contributed by atoms with Gasteiger partial charge >= 0.3 is 0 Å². The van der Waals surface area contributed by atoms with Crippen LogP contribution in [0.1, 0.15) is 12.8 Å². The molecular formula is C26H28FN7OS. The highest BCUT2D eigenvalue weighted by Crippen LogP contribution is 2.33. The van der Waals surface area contributed by atoms with Gasteiger partial charge < -0.3 is 20.4 Å². The average molecular weight is 506 g/mol. The Morgan fingerprint density at radius 1 is 1.00 bits per heavy atom. The molecule has 0 spiro atoms. The monoisotopic (exact) mass is 505 g/mol. The van der Waals surface area contributed by atoms with Gasteiger partial charge in [0.15, 0.2) is 0 Å². The maximum absolute atomic E-state index is 14.3. The van der Waals surface area contributed by atoms with Crippen molar-refractivity contribution in [3.05, 3.63) is 64.7 Å². The first kappa shape index (κ1) is 22.9. The summed E-state index contributed by atoms with van der Waals surface area (Å²) in [6, 6.07) is 14.9. The number of hydrogen-bond donors (Lipinski definition) is 3. The first-order valence-corrected chi connectivity index (χ1v) is 13.2. The van der Waals surface area contributed by atoms with E-state index in [1.54, 1.807) is 12.1 Å². The zero-order chi connectivity index (χ0) is 24.5. The second-order valence-corrected chi connectivity index (χ2v) is 10.2. The van der Waals surface area contributed by atoms with E-state index in [1.807, 2.05) is 35.2 Å². The van der Waals surface area contributed by atoms with Gasteiger partial charge in [-0.15, -0.1) is 11.3 Å². The number of anilines is 3. The van der Waals surface area contributed by atoms with Crippen LogP contribution in [-0.4, -0.2) is 60.3 Å². The molecule has 0 saturated carbocycles. The zero-order valence-corrected chi connectivity index (χ0v) is 20.7. The number of fused-ring (bicyclic) bond motifs is 1. The van der Waals surface area contributed by atoms with Crippen LogP contribution in [0.4, 0.5) is 21.8 Å². The Labute approximate surface area is 212 Å². The van der Waals surface area contributed by atoms with Crippen LogP contribution < -0.4 is 26.0 Å². The molecule has 4 aromatic rings.